The SMILES string of the molecule is CCc1cccc(OCC(=O)NCC(O)C(=O)OC)c1. The number of methoxy groups -OCH3 is 1. The number of esters is 1. The standard InChI is InChI=1S/C14H19NO5/c1-3-10-5-4-6-11(7-10)20-9-13(17)15-8-12(16)14(18)19-2/h4-7,12,16H,3,8-9H2,1-2H3,(H,15,17). The predicted octanol–water partition coefficient (Wildman–Crippen LogP) is 0.278. The second-order valence-electron chi connectivity index (χ2n) is 4.13. The first-order valence-corrected chi connectivity index (χ1v) is 6.31. The third-order valence-electron chi connectivity index (χ3n) is 2.64. The van der Waals surface area contributed by atoms with E-state index in [-0.39, 0.29) is 13.2 Å². The van der Waals surface area contributed by atoms with Crippen molar-refractivity contribution in [2.24, 2.45) is 0 Å². The minimum absolute atomic E-state index is 0.180. The van der Waals surface area contributed by atoms with E-state index in [0.717, 1.165) is 19.1 Å². The Morgan fingerprint density at radius 1 is 1.40 bits per heavy atom. The van der Waals surface area contributed by atoms with E-state index >= 15 is 0 Å². The first-order chi connectivity index (χ1) is 9.56. The zero-order valence-electron chi connectivity index (χ0n) is 11.6. The molecular weight excluding hydrogens is 262 g/mol. The molecule has 0 aliphatic carbocycles. The second kappa shape index (κ2) is 8.16. The van der Waals surface area contributed by atoms with Crippen LogP contribution in [0.3, 0.4) is 0 Å². The zero-order valence-corrected chi connectivity index (χ0v) is 11.6. The number of carbonyl (C=O) groups is 2. The van der Waals surface area contributed by atoms with Crippen LogP contribution in [0.1, 0.15) is 12.5 Å². The summed E-state index contributed by atoms with van der Waals surface area (Å²) in [4.78, 5) is 22.4. The van der Waals surface area contributed by atoms with Gasteiger partial charge in [-0.25, -0.2) is 4.79 Å². The predicted molar refractivity (Wildman–Crippen MR) is 72.3 cm³/mol. The number of aliphatic hydroxyl groups excluding tert-OH is 1. The molecule has 0 heterocycles. The molecule has 0 saturated carbocycles. The highest BCUT2D eigenvalue weighted by Crippen LogP contribution is 2.13. The summed E-state index contributed by atoms with van der Waals surface area (Å²) in [5.74, 6) is -0.607. The highest BCUT2D eigenvalue weighted by molar-refractivity contribution is 5.79. The van der Waals surface area contributed by atoms with Gasteiger partial charge in [-0.2, -0.15) is 0 Å². The fourth-order valence-electron chi connectivity index (χ4n) is 1.48. The van der Waals surface area contributed by atoms with Crippen molar-refractivity contribution in [1.82, 2.24) is 5.32 Å². The molecule has 110 valence electrons. The van der Waals surface area contributed by atoms with Gasteiger partial charge in [0.2, 0.25) is 0 Å². The van der Waals surface area contributed by atoms with Gasteiger partial charge in [-0.05, 0) is 24.1 Å². The van der Waals surface area contributed by atoms with Gasteiger partial charge < -0.3 is 19.9 Å². The molecule has 0 aliphatic heterocycles. The number of rotatable bonds is 7. The third-order valence-corrected chi connectivity index (χ3v) is 2.64. The van der Waals surface area contributed by atoms with Gasteiger partial charge in [-0.15, -0.1) is 0 Å². The average molecular weight is 281 g/mol. The fraction of sp³-hybridized carbons (Fsp3) is 0.429. The van der Waals surface area contributed by atoms with Crippen molar-refractivity contribution < 1.29 is 24.2 Å². The van der Waals surface area contributed by atoms with Crippen LogP contribution in [0.4, 0.5) is 0 Å². The molecule has 1 atom stereocenters. The van der Waals surface area contributed by atoms with Gasteiger partial charge in [0.15, 0.2) is 12.7 Å². The normalized spacial score (nSPS) is 11.6. The lowest BCUT2D eigenvalue weighted by atomic mass is 10.2. The summed E-state index contributed by atoms with van der Waals surface area (Å²) in [6.07, 6.45) is -0.485. The second-order valence-corrected chi connectivity index (χ2v) is 4.13. The molecule has 0 bridgehead atoms. The van der Waals surface area contributed by atoms with Crippen molar-refractivity contribution in [3.8, 4) is 5.75 Å². The van der Waals surface area contributed by atoms with Crippen LogP contribution in [-0.4, -0.2) is 43.3 Å². The largest absolute Gasteiger partial charge is 0.484 e. The number of benzene rings is 1. The number of hydrogen-bond acceptors (Lipinski definition) is 5. The molecule has 6 heteroatoms. The number of ether oxygens (including phenoxy) is 2. The maximum absolute atomic E-state index is 11.5. The number of amides is 1. The van der Waals surface area contributed by atoms with E-state index in [9.17, 15) is 14.7 Å². The van der Waals surface area contributed by atoms with Crippen molar-refractivity contribution in [2.45, 2.75) is 19.4 Å². The lowest BCUT2D eigenvalue weighted by Gasteiger charge is -2.11. The van der Waals surface area contributed by atoms with Crippen LogP contribution in [-0.2, 0) is 20.7 Å². The summed E-state index contributed by atoms with van der Waals surface area (Å²) >= 11 is 0. The molecule has 1 rings (SSSR count). The topological polar surface area (TPSA) is 84.9 Å². The maximum atomic E-state index is 11.5. The van der Waals surface area contributed by atoms with Gasteiger partial charge >= 0.3 is 5.97 Å². The molecule has 0 radical (unpaired) electrons. The summed E-state index contributed by atoms with van der Waals surface area (Å²) in [5.41, 5.74) is 1.11. The number of aliphatic hydroxyl groups is 1. The van der Waals surface area contributed by atoms with Crippen molar-refractivity contribution in [1.29, 1.82) is 0 Å². The van der Waals surface area contributed by atoms with Crippen molar-refractivity contribution >= 4 is 11.9 Å². The molecule has 0 saturated heterocycles. The quantitative estimate of drug-likeness (QED) is 0.701. The van der Waals surface area contributed by atoms with Gasteiger partial charge in [-0.3, -0.25) is 4.79 Å². The Labute approximate surface area is 117 Å². The zero-order chi connectivity index (χ0) is 15.0. The van der Waals surface area contributed by atoms with Crippen LogP contribution >= 0.6 is 0 Å². The van der Waals surface area contributed by atoms with Crippen LogP contribution < -0.4 is 10.1 Å². The van der Waals surface area contributed by atoms with Crippen LogP contribution in [0.25, 0.3) is 0 Å². The molecule has 0 aromatic heterocycles. The van der Waals surface area contributed by atoms with Crippen LogP contribution in [0.15, 0.2) is 24.3 Å². The Bertz CT molecular complexity index is 461. The smallest absolute Gasteiger partial charge is 0.336 e. The van der Waals surface area contributed by atoms with E-state index in [4.69, 9.17) is 4.74 Å². The monoisotopic (exact) mass is 281 g/mol. The van der Waals surface area contributed by atoms with Gasteiger partial charge in [-0.1, -0.05) is 19.1 Å². The number of hydrogen-bond donors (Lipinski definition) is 2. The van der Waals surface area contributed by atoms with Crippen LogP contribution in [0, 0.1) is 0 Å². The van der Waals surface area contributed by atoms with E-state index in [1.165, 1.54) is 0 Å². The van der Waals surface area contributed by atoms with E-state index < -0.39 is 18.0 Å². The average Bonchev–Trinajstić information content (AvgIpc) is 2.49. The molecule has 1 unspecified atom stereocenters. The van der Waals surface area contributed by atoms with Gasteiger partial charge in [0.05, 0.1) is 13.7 Å². The highest BCUT2D eigenvalue weighted by atomic mass is 16.5. The molecule has 20 heavy (non-hydrogen) atoms. The summed E-state index contributed by atoms with van der Waals surface area (Å²) in [7, 11) is 1.16. The van der Waals surface area contributed by atoms with Gasteiger partial charge in [0.1, 0.15) is 5.75 Å². The molecule has 6 nitrogen and oxygen atoms in total. The highest BCUT2D eigenvalue weighted by Gasteiger charge is 2.16. The third kappa shape index (κ3) is 5.27. The molecular formula is C14H19NO5. The van der Waals surface area contributed by atoms with Crippen molar-refractivity contribution in [2.75, 3.05) is 20.3 Å². The van der Waals surface area contributed by atoms with Gasteiger partial charge in [0.25, 0.3) is 5.91 Å². The van der Waals surface area contributed by atoms with E-state index in [1.807, 2.05) is 25.1 Å². The number of carbonyl (C=O) groups excluding carboxylic acids is 2. The lowest BCUT2D eigenvalue weighted by molar-refractivity contribution is -0.150. The fourth-order valence-corrected chi connectivity index (χ4v) is 1.48. The maximum Gasteiger partial charge on any atom is 0.336 e. The molecule has 0 fully saturated rings. The first-order valence-electron chi connectivity index (χ1n) is 6.31. The Morgan fingerprint density at radius 2 is 2.15 bits per heavy atom. The Morgan fingerprint density at radius 3 is 2.80 bits per heavy atom. The first kappa shape index (κ1) is 16.0. The van der Waals surface area contributed by atoms with Crippen molar-refractivity contribution in [3.63, 3.8) is 0 Å². The molecule has 1 aromatic carbocycles. The Balaban J connectivity index is 2.34. The van der Waals surface area contributed by atoms with E-state index in [0.29, 0.717) is 5.75 Å². The summed E-state index contributed by atoms with van der Waals surface area (Å²) in [6, 6.07) is 7.44. The van der Waals surface area contributed by atoms with Crippen molar-refractivity contribution in [3.05, 3.63) is 29.8 Å². The Kier molecular flexibility index (Phi) is 6.52. The summed E-state index contributed by atoms with van der Waals surface area (Å²) in [6.45, 7) is 1.64. The van der Waals surface area contributed by atoms with Crippen LogP contribution in [0.5, 0.6) is 5.75 Å². The molecule has 0 aliphatic rings. The molecule has 1 amide bonds. The molecule has 0 spiro atoms. The van der Waals surface area contributed by atoms with E-state index in [1.54, 1.807) is 6.07 Å². The number of nitrogens with one attached hydrogen (secondary N) is 1. The van der Waals surface area contributed by atoms with Crippen LogP contribution in [0.2, 0.25) is 0 Å². The summed E-state index contributed by atoms with van der Waals surface area (Å²) < 4.78 is 9.65. The summed E-state index contributed by atoms with van der Waals surface area (Å²) in [5, 5.41) is 11.7. The minimum atomic E-state index is -1.37. The van der Waals surface area contributed by atoms with Gasteiger partial charge in [0, 0.05) is 0 Å². The molecule has 2 N–H and O–H groups in total. The minimum Gasteiger partial charge on any atom is -0.484 e. The van der Waals surface area contributed by atoms with E-state index in [2.05, 4.69) is 10.1 Å². The molecule has 1 aromatic rings. The Hall–Kier alpha value is -2.08. The lowest BCUT2D eigenvalue weighted by Crippen LogP contribution is -2.39. The number of aryl methyl sites for hydroxylation is 1.